The van der Waals surface area contributed by atoms with Crippen molar-refractivity contribution in [1.29, 1.82) is 0 Å². The predicted octanol–water partition coefficient (Wildman–Crippen LogP) is 6.09. The zero-order chi connectivity index (χ0) is 34.9. The monoisotopic (exact) mass is 651 g/mol. The maximum atomic E-state index is 12.9. The van der Waals surface area contributed by atoms with Crippen LogP contribution in [-0.4, -0.2) is 58.1 Å². The summed E-state index contributed by atoms with van der Waals surface area (Å²) >= 11 is 0. The van der Waals surface area contributed by atoms with E-state index in [0.717, 1.165) is 12.0 Å². The Labute approximate surface area is 273 Å². The number of rotatable bonds is 14. The van der Waals surface area contributed by atoms with E-state index in [4.69, 9.17) is 28.4 Å². The van der Waals surface area contributed by atoms with Gasteiger partial charge in [0.25, 0.3) is 5.91 Å². The minimum atomic E-state index is -0.695. The fraction of sp³-hybridized carbons (Fsp3) is 0.382. The molecule has 1 amide bonds. The molecule has 0 saturated carbocycles. The van der Waals surface area contributed by atoms with E-state index in [1.807, 2.05) is 13.8 Å². The van der Waals surface area contributed by atoms with Crippen LogP contribution in [0.1, 0.15) is 62.5 Å². The molecule has 3 rings (SSSR count). The van der Waals surface area contributed by atoms with Gasteiger partial charge in [-0.25, -0.2) is 10.2 Å². The van der Waals surface area contributed by atoms with Crippen LogP contribution in [-0.2, 0) is 10.2 Å². The number of benzene rings is 3. The number of hydrazone groups is 1. The summed E-state index contributed by atoms with van der Waals surface area (Å²) in [4.78, 5) is 36.6. The van der Waals surface area contributed by atoms with Crippen molar-refractivity contribution in [2.45, 2.75) is 46.5 Å². The molecule has 1 N–H and O–H groups in total. The number of carbonyl (C=O) groups is 2. The van der Waals surface area contributed by atoms with Gasteiger partial charge in [0.2, 0.25) is 5.75 Å². The molecule has 0 radical (unpaired) electrons. The van der Waals surface area contributed by atoms with Crippen molar-refractivity contribution < 1.29 is 42.9 Å². The number of methoxy groups -OCH3 is 4. The predicted molar refractivity (Wildman–Crippen MR) is 175 cm³/mol. The van der Waals surface area contributed by atoms with Crippen LogP contribution in [0.2, 0.25) is 0 Å². The van der Waals surface area contributed by atoms with Crippen molar-refractivity contribution >= 4 is 23.8 Å². The van der Waals surface area contributed by atoms with Gasteiger partial charge in [-0.3, -0.25) is 14.9 Å². The van der Waals surface area contributed by atoms with Crippen molar-refractivity contribution in [2.24, 2.45) is 10.5 Å². The molecule has 3 aromatic carbocycles. The minimum Gasteiger partial charge on any atom is -0.493 e. The quantitative estimate of drug-likeness (QED) is 0.0711. The molecular formula is C34H41N3O10. The van der Waals surface area contributed by atoms with Gasteiger partial charge < -0.3 is 28.4 Å². The molecule has 13 nitrogen and oxygen atoms in total. The Morgan fingerprint density at radius 2 is 1.45 bits per heavy atom. The van der Waals surface area contributed by atoms with E-state index in [9.17, 15) is 19.7 Å². The Morgan fingerprint density at radius 3 is 2.00 bits per heavy atom. The van der Waals surface area contributed by atoms with Gasteiger partial charge in [0.15, 0.2) is 35.4 Å². The van der Waals surface area contributed by atoms with Gasteiger partial charge >= 0.3 is 11.7 Å². The standard InChI is InChI=1S/C34H41N3O10/c1-33(2,3)20-34(4,5)23-11-13-25(24(17-23)37(40)41)46-19-30(38)36-35-18-21-10-12-26(27(14-21)42-6)47-32(39)22-15-28(43-7)31(45-9)29(16-22)44-8/h10-18H,19-20H2,1-9H3,(H,36,38)/b35-18+. The molecule has 3 aromatic rings. The lowest BCUT2D eigenvalue weighted by molar-refractivity contribution is -0.385. The number of carbonyl (C=O) groups excluding carboxylic acids is 2. The summed E-state index contributed by atoms with van der Waals surface area (Å²) in [6.07, 6.45) is 2.16. The van der Waals surface area contributed by atoms with E-state index in [2.05, 4.69) is 31.3 Å². The second-order valence-electron chi connectivity index (χ2n) is 12.4. The summed E-state index contributed by atoms with van der Waals surface area (Å²) in [5.41, 5.74) is 3.28. The normalized spacial score (nSPS) is 11.5. The number of nitrogens with zero attached hydrogens (tertiary/aromatic N) is 2. The summed E-state index contributed by atoms with van der Waals surface area (Å²) in [5.74, 6) is -0.0760. The van der Waals surface area contributed by atoms with Gasteiger partial charge in [0, 0.05) is 6.07 Å². The van der Waals surface area contributed by atoms with Gasteiger partial charge in [-0.2, -0.15) is 5.10 Å². The summed E-state index contributed by atoms with van der Waals surface area (Å²) in [6.45, 7) is 9.93. The van der Waals surface area contributed by atoms with E-state index >= 15 is 0 Å². The molecule has 0 aliphatic heterocycles. The zero-order valence-corrected chi connectivity index (χ0v) is 28.1. The average Bonchev–Trinajstić information content (AvgIpc) is 3.02. The molecular weight excluding hydrogens is 610 g/mol. The van der Waals surface area contributed by atoms with Crippen molar-refractivity contribution in [3.05, 3.63) is 75.3 Å². The fourth-order valence-electron chi connectivity index (χ4n) is 5.19. The van der Waals surface area contributed by atoms with Crippen LogP contribution in [0, 0.1) is 15.5 Å². The van der Waals surface area contributed by atoms with Gasteiger partial charge in [-0.15, -0.1) is 0 Å². The van der Waals surface area contributed by atoms with Crippen molar-refractivity contribution in [3.8, 4) is 34.5 Å². The Hall–Kier alpha value is -5.33. The number of nitrogens with one attached hydrogen (secondary N) is 1. The molecule has 47 heavy (non-hydrogen) atoms. The van der Waals surface area contributed by atoms with Crippen molar-refractivity contribution in [2.75, 3.05) is 35.0 Å². The minimum absolute atomic E-state index is 0.0219. The number of nitro benzene ring substituents is 1. The van der Waals surface area contributed by atoms with Crippen LogP contribution in [0.5, 0.6) is 34.5 Å². The molecule has 0 spiro atoms. The van der Waals surface area contributed by atoms with Crippen LogP contribution >= 0.6 is 0 Å². The average molecular weight is 652 g/mol. The largest absolute Gasteiger partial charge is 0.493 e. The first kappa shape index (κ1) is 36.1. The van der Waals surface area contributed by atoms with Gasteiger partial charge in [-0.05, 0) is 64.8 Å². The highest BCUT2D eigenvalue weighted by atomic mass is 16.6. The molecule has 0 bridgehead atoms. The molecule has 13 heteroatoms. The van der Waals surface area contributed by atoms with Gasteiger partial charge in [0.05, 0.1) is 45.1 Å². The second kappa shape index (κ2) is 15.3. The van der Waals surface area contributed by atoms with E-state index in [1.165, 1.54) is 65.0 Å². The third kappa shape index (κ3) is 9.58. The smallest absolute Gasteiger partial charge is 0.343 e. The molecule has 0 heterocycles. The first-order chi connectivity index (χ1) is 22.1. The Bertz CT molecular complexity index is 1620. The second-order valence-corrected chi connectivity index (χ2v) is 12.4. The topological polar surface area (TPSA) is 157 Å². The first-order valence-corrected chi connectivity index (χ1v) is 14.6. The van der Waals surface area contributed by atoms with Crippen LogP contribution in [0.3, 0.4) is 0 Å². The number of ether oxygens (including phenoxy) is 6. The van der Waals surface area contributed by atoms with Gasteiger partial charge in [0.1, 0.15) is 0 Å². The molecule has 252 valence electrons. The zero-order valence-electron chi connectivity index (χ0n) is 28.1. The fourth-order valence-corrected chi connectivity index (χ4v) is 5.19. The van der Waals surface area contributed by atoms with Crippen LogP contribution < -0.4 is 33.8 Å². The Kier molecular flexibility index (Phi) is 11.8. The number of hydrogen-bond donors (Lipinski definition) is 1. The highest BCUT2D eigenvalue weighted by molar-refractivity contribution is 5.93. The Balaban J connectivity index is 1.65. The molecule has 0 unspecified atom stereocenters. The number of nitro groups is 1. The highest BCUT2D eigenvalue weighted by Crippen LogP contribution is 2.40. The van der Waals surface area contributed by atoms with Gasteiger partial charge in [-0.1, -0.05) is 40.7 Å². The number of amides is 1. The summed E-state index contributed by atoms with van der Waals surface area (Å²) < 4.78 is 32.3. The summed E-state index contributed by atoms with van der Waals surface area (Å²) in [7, 11) is 5.73. The van der Waals surface area contributed by atoms with Crippen LogP contribution in [0.4, 0.5) is 5.69 Å². The molecule has 0 aromatic heterocycles. The third-order valence-corrected chi connectivity index (χ3v) is 6.96. The Morgan fingerprint density at radius 1 is 0.830 bits per heavy atom. The van der Waals surface area contributed by atoms with E-state index < -0.39 is 23.4 Å². The highest BCUT2D eigenvalue weighted by Gasteiger charge is 2.30. The van der Waals surface area contributed by atoms with E-state index in [1.54, 1.807) is 18.2 Å². The van der Waals surface area contributed by atoms with Crippen LogP contribution in [0.25, 0.3) is 0 Å². The first-order valence-electron chi connectivity index (χ1n) is 14.6. The SMILES string of the molecule is COc1cc(/C=N/NC(=O)COc2ccc(C(C)(C)CC(C)(C)C)cc2[N+](=O)[O-])ccc1OC(=O)c1cc(OC)c(OC)c(OC)c1. The maximum Gasteiger partial charge on any atom is 0.343 e. The van der Waals surface area contributed by atoms with Crippen molar-refractivity contribution in [1.82, 2.24) is 5.43 Å². The summed E-state index contributed by atoms with van der Waals surface area (Å²) in [5, 5.41) is 15.7. The maximum absolute atomic E-state index is 12.9. The number of esters is 1. The lowest BCUT2D eigenvalue weighted by Crippen LogP contribution is -2.26. The van der Waals surface area contributed by atoms with E-state index in [-0.39, 0.29) is 50.8 Å². The molecule has 0 fully saturated rings. The third-order valence-electron chi connectivity index (χ3n) is 6.96. The van der Waals surface area contributed by atoms with E-state index in [0.29, 0.717) is 11.3 Å². The molecule has 0 aliphatic rings. The molecule has 0 aliphatic carbocycles. The van der Waals surface area contributed by atoms with Crippen molar-refractivity contribution in [3.63, 3.8) is 0 Å². The lowest BCUT2D eigenvalue weighted by Gasteiger charge is -2.33. The number of hydrogen-bond acceptors (Lipinski definition) is 11. The summed E-state index contributed by atoms with van der Waals surface area (Å²) in [6, 6.07) is 12.4. The lowest BCUT2D eigenvalue weighted by atomic mass is 9.72. The molecule has 0 saturated heterocycles. The molecule has 0 atom stereocenters. The van der Waals surface area contributed by atoms with Crippen LogP contribution in [0.15, 0.2) is 53.6 Å².